The lowest BCUT2D eigenvalue weighted by Gasteiger charge is -2.14. The van der Waals surface area contributed by atoms with Crippen LogP contribution in [0.25, 0.3) is 0 Å². The van der Waals surface area contributed by atoms with Crippen LogP contribution in [-0.2, 0) is 14.3 Å². The van der Waals surface area contributed by atoms with Gasteiger partial charge in [0.1, 0.15) is 6.04 Å². The minimum absolute atomic E-state index is 0.0294. The summed E-state index contributed by atoms with van der Waals surface area (Å²) in [6, 6.07) is 3.98. The smallest absolute Gasteiger partial charge is 0.326 e. The lowest BCUT2D eigenvalue weighted by molar-refractivity contribution is -0.142. The van der Waals surface area contributed by atoms with Crippen LogP contribution in [0.15, 0.2) is 22.7 Å². The predicted octanol–water partition coefficient (Wildman–Crippen LogP) is 2.19. The summed E-state index contributed by atoms with van der Waals surface area (Å²) in [5.74, 6) is -2.22. The van der Waals surface area contributed by atoms with E-state index < -0.39 is 23.9 Å². The Labute approximate surface area is 143 Å². The zero-order chi connectivity index (χ0) is 16.0. The number of carboxylic acid groups (broad SMARTS) is 1. The second-order valence-corrected chi connectivity index (χ2v) is 6.18. The number of ether oxygens (including phenoxy) is 1. The van der Waals surface area contributed by atoms with Crippen LogP contribution in [0.4, 0.5) is 0 Å². The van der Waals surface area contributed by atoms with E-state index in [1.165, 1.54) is 7.11 Å². The van der Waals surface area contributed by atoms with Crippen LogP contribution < -0.4 is 5.32 Å². The Hall–Kier alpha value is -1.16. The molecule has 0 saturated carbocycles. The molecule has 1 aromatic carbocycles. The summed E-state index contributed by atoms with van der Waals surface area (Å²) in [4.78, 5) is 34.3. The molecule has 0 aromatic heterocycles. The van der Waals surface area contributed by atoms with E-state index in [1.807, 2.05) is 22.6 Å². The van der Waals surface area contributed by atoms with E-state index in [0.717, 1.165) is 4.47 Å². The second-order valence-electron chi connectivity index (χ2n) is 4.10. The van der Waals surface area contributed by atoms with Crippen molar-refractivity contribution in [3.8, 4) is 0 Å². The van der Waals surface area contributed by atoms with Gasteiger partial charge >= 0.3 is 11.9 Å². The molecule has 6 nitrogen and oxygen atoms in total. The van der Waals surface area contributed by atoms with E-state index >= 15 is 0 Å². The summed E-state index contributed by atoms with van der Waals surface area (Å²) in [5, 5.41) is 11.5. The highest BCUT2D eigenvalue weighted by molar-refractivity contribution is 14.1. The zero-order valence-electron chi connectivity index (χ0n) is 11.1. The minimum atomic E-state index is -1.20. The first kappa shape index (κ1) is 17.9. The van der Waals surface area contributed by atoms with Crippen molar-refractivity contribution in [1.29, 1.82) is 0 Å². The summed E-state index contributed by atoms with van der Waals surface area (Å²) >= 11 is 5.25. The normalized spacial score (nSPS) is 11.6. The third-order valence-corrected chi connectivity index (χ3v) is 4.08. The first-order valence-corrected chi connectivity index (χ1v) is 7.78. The molecule has 114 valence electrons. The number of hydrogen-bond donors (Lipinski definition) is 2. The van der Waals surface area contributed by atoms with Crippen molar-refractivity contribution in [2.75, 3.05) is 7.11 Å². The van der Waals surface area contributed by atoms with Gasteiger partial charge in [0, 0.05) is 14.5 Å². The van der Waals surface area contributed by atoms with Gasteiger partial charge in [-0.15, -0.1) is 0 Å². The number of benzene rings is 1. The fourth-order valence-corrected chi connectivity index (χ4v) is 2.47. The Bertz CT molecular complexity index is 563. The summed E-state index contributed by atoms with van der Waals surface area (Å²) in [6.45, 7) is 0. The maximum absolute atomic E-state index is 12.1. The van der Waals surface area contributed by atoms with Gasteiger partial charge in [-0.25, -0.2) is 4.79 Å². The van der Waals surface area contributed by atoms with Crippen LogP contribution >= 0.6 is 38.5 Å². The van der Waals surface area contributed by atoms with Crippen molar-refractivity contribution >= 4 is 56.4 Å². The van der Waals surface area contributed by atoms with Crippen molar-refractivity contribution in [2.45, 2.75) is 18.9 Å². The number of amides is 1. The average Bonchev–Trinajstić information content (AvgIpc) is 2.44. The van der Waals surface area contributed by atoms with Gasteiger partial charge in [-0.2, -0.15) is 0 Å². The van der Waals surface area contributed by atoms with Crippen molar-refractivity contribution in [1.82, 2.24) is 5.32 Å². The molecule has 0 aliphatic heterocycles. The van der Waals surface area contributed by atoms with E-state index in [1.54, 1.807) is 18.2 Å². The van der Waals surface area contributed by atoms with Crippen LogP contribution in [0.1, 0.15) is 23.2 Å². The number of halogens is 2. The molecule has 0 bridgehead atoms. The highest BCUT2D eigenvalue weighted by atomic mass is 127. The second kappa shape index (κ2) is 8.32. The first-order valence-electron chi connectivity index (χ1n) is 5.90. The Morgan fingerprint density at radius 1 is 1.43 bits per heavy atom. The Morgan fingerprint density at radius 2 is 2.10 bits per heavy atom. The number of aliphatic carboxylic acids is 1. The summed E-state index contributed by atoms with van der Waals surface area (Å²) in [7, 11) is 1.22. The molecule has 0 aliphatic carbocycles. The molecule has 1 amide bonds. The Balaban J connectivity index is 2.79. The summed E-state index contributed by atoms with van der Waals surface area (Å²) in [5.41, 5.74) is 0.370. The van der Waals surface area contributed by atoms with Crippen LogP contribution in [0, 0.1) is 3.57 Å². The third-order valence-electron chi connectivity index (χ3n) is 2.64. The van der Waals surface area contributed by atoms with Crippen LogP contribution in [-0.4, -0.2) is 36.1 Å². The summed E-state index contributed by atoms with van der Waals surface area (Å²) < 4.78 is 5.87. The van der Waals surface area contributed by atoms with Crippen molar-refractivity contribution in [2.24, 2.45) is 0 Å². The van der Waals surface area contributed by atoms with Gasteiger partial charge in [0.2, 0.25) is 0 Å². The molecule has 0 saturated heterocycles. The van der Waals surface area contributed by atoms with E-state index in [0.29, 0.717) is 9.13 Å². The molecule has 1 atom stereocenters. The van der Waals surface area contributed by atoms with Gasteiger partial charge in [-0.1, -0.05) is 15.9 Å². The molecule has 1 aromatic rings. The Morgan fingerprint density at radius 3 is 2.67 bits per heavy atom. The molecular weight excluding hydrogens is 457 g/mol. The van der Waals surface area contributed by atoms with Crippen molar-refractivity contribution < 1.29 is 24.2 Å². The molecule has 1 rings (SSSR count). The topological polar surface area (TPSA) is 92.7 Å². The fourth-order valence-electron chi connectivity index (χ4n) is 1.53. The third kappa shape index (κ3) is 5.62. The number of carbonyl (C=O) groups excluding carboxylic acids is 2. The molecule has 21 heavy (non-hydrogen) atoms. The van der Waals surface area contributed by atoms with Gasteiger partial charge < -0.3 is 15.2 Å². The number of hydrogen-bond acceptors (Lipinski definition) is 4. The summed E-state index contributed by atoms with van der Waals surface area (Å²) in [6.07, 6.45) is -0.109. The van der Waals surface area contributed by atoms with Gasteiger partial charge in [0.05, 0.1) is 12.7 Å². The average molecular weight is 470 g/mol. The SMILES string of the molecule is COC(=O)CC[C@H](NC(=O)c1cc(Br)ccc1I)C(=O)O. The lowest BCUT2D eigenvalue weighted by Crippen LogP contribution is -2.41. The molecule has 8 heteroatoms. The van der Waals surface area contributed by atoms with Crippen LogP contribution in [0.5, 0.6) is 0 Å². The van der Waals surface area contributed by atoms with Gasteiger partial charge in [-0.3, -0.25) is 9.59 Å². The maximum atomic E-state index is 12.1. The Kier molecular flexibility index (Phi) is 7.09. The van der Waals surface area contributed by atoms with Crippen LogP contribution in [0.3, 0.4) is 0 Å². The number of nitrogens with one attached hydrogen (secondary N) is 1. The fraction of sp³-hybridized carbons (Fsp3) is 0.308. The number of esters is 1. The zero-order valence-corrected chi connectivity index (χ0v) is 14.8. The largest absolute Gasteiger partial charge is 0.480 e. The number of rotatable bonds is 6. The van der Waals surface area contributed by atoms with Gasteiger partial charge in [-0.05, 0) is 47.2 Å². The molecule has 0 radical (unpaired) electrons. The quantitative estimate of drug-likeness (QED) is 0.492. The van der Waals surface area contributed by atoms with Crippen molar-refractivity contribution in [3.05, 3.63) is 31.8 Å². The minimum Gasteiger partial charge on any atom is -0.480 e. The molecule has 0 spiro atoms. The number of methoxy groups -OCH3 is 1. The van der Waals surface area contributed by atoms with E-state index in [4.69, 9.17) is 5.11 Å². The highest BCUT2D eigenvalue weighted by Crippen LogP contribution is 2.18. The molecule has 0 heterocycles. The van der Waals surface area contributed by atoms with Crippen molar-refractivity contribution in [3.63, 3.8) is 0 Å². The number of carbonyl (C=O) groups is 3. The molecule has 2 N–H and O–H groups in total. The first-order chi connectivity index (χ1) is 9.85. The highest BCUT2D eigenvalue weighted by Gasteiger charge is 2.22. The lowest BCUT2D eigenvalue weighted by atomic mass is 10.1. The van der Waals surface area contributed by atoms with E-state index in [-0.39, 0.29) is 12.8 Å². The predicted molar refractivity (Wildman–Crippen MR) is 87.0 cm³/mol. The van der Waals surface area contributed by atoms with Gasteiger partial charge in [0.25, 0.3) is 5.91 Å². The monoisotopic (exact) mass is 469 g/mol. The molecular formula is C13H13BrINO5. The standard InChI is InChI=1S/C13H13BrINO5/c1-21-11(17)5-4-10(13(19)20)16-12(18)8-6-7(14)2-3-9(8)15/h2-3,6,10H,4-5H2,1H3,(H,16,18)(H,19,20)/t10-/m0/s1. The van der Waals surface area contributed by atoms with Gasteiger partial charge in [0.15, 0.2) is 0 Å². The van der Waals surface area contributed by atoms with Crippen LogP contribution in [0.2, 0.25) is 0 Å². The van der Waals surface area contributed by atoms with E-state index in [2.05, 4.69) is 26.0 Å². The molecule has 0 fully saturated rings. The number of carboxylic acids is 1. The van der Waals surface area contributed by atoms with E-state index in [9.17, 15) is 14.4 Å². The maximum Gasteiger partial charge on any atom is 0.326 e. The molecule has 0 aliphatic rings. The molecule has 0 unspecified atom stereocenters.